The molecular formula is C13H18ClNO. The normalized spacial score (nSPS) is 18.7. The molecule has 3 heteroatoms. The Bertz CT molecular complexity index is 372. The van der Waals surface area contributed by atoms with Crippen molar-refractivity contribution in [3.05, 3.63) is 28.8 Å². The number of rotatable bonds is 3. The molecule has 2 N–H and O–H groups in total. The van der Waals surface area contributed by atoms with Crippen molar-refractivity contribution >= 4 is 17.3 Å². The fraction of sp³-hybridized carbons (Fsp3) is 0.538. The summed E-state index contributed by atoms with van der Waals surface area (Å²) in [6.07, 6.45) is 4.03. The number of anilines is 1. The molecule has 2 nitrogen and oxygen atoms in total. The summed E-state index contributed by atoms with van der Waals surface area (Å²) in [6.45, 7) is 2.63. The first-order chi connectivity index (χ1) is 7.59. The van der Waals surface area contributed by atoms with E-state index in [1.807, 2.05) is 25.1 Å². The van der Waals surface area contributed by atoms with Gasteiger partial charge in [-0.05, 0) is 37.5 Å². The molecule has 2 rings (SSSR count). The summed E-state index contributed by atoms with van der Waals surface area (Å²) < 4.78 is 0. The second kappa shape index (κ2) is 4.64. The van der Waals surface area contributed by atoms with Gasteiger partial charge in [-0.25, -0.2) is 0 Å². The average molecular weight is 240 g/mol. The quantitative estimate of drug-likeness (QED) is 0.848. The van der Waals surface area contributed by atoms with E-state index in [-0.39, 0.29) is 0 Å². The van der Waals surface area contributed by atoms with Crippen LogP contribution in [0.25, 0.3) is 0 Å². The summed E-state index contributed by atoms with van der Waals surface area (Å²) in [5.74, 6) is 0. The molecule has 0 radical (unpaired) electrons. The minimum absolute atomic E-state index is 0.535. The van der Waals surface area contributed by atoms with Crippen LogP contribution in [0.1, 0.15) is 31.2 Å². The van der Waals surface area contributed by atoms with Gasteiger partial charge in [0, 0.05) is 6.54 Å². The van der Waals surface area contributed by atoms with Crippen LogP contribution in [0.15, 0.2) is 18.2 Å². The zero-order chi connectivity index (χ0) is 11.6. The van der Waals surface area contributed by atoms with Gasteiger partial charge in [-0.15, -0.1) is 0 Å². The van der Waals surface area contributed by atoms with Crippen LogP contribution in [-0.4, -0.2) is 17.3 Å². The minimum atomic E-state index is -0.535. The maximum atomic E-state index is 10.2. The molecule has 0 aliphatic heterocycles. The van der Waals surface area contributed by atoms with Crippen LogP contribution >= 0.6 is 11.6 Å². The number of hydrogen-bond acceptors (Lipinski definition) is 2. The fourth-order valence-electron chi connectivity index (χ4n) is 2.24. The first-order valence-corrected chi connectivity index (χ1v) is 6.19. The molecule has 1 saturated carbocycles. The minimum Gasteiger partial charge on any atom is -0.388 e. The number of aliphatic hydroxyl groups is 1. The van der Waals surface area contributed by atoms with Crippen LogP contribution in [0, 0.1) is 6.92 Å². The van der Waals surface area contributed by atoms with Gasteiger partial charge in [0.05, 0.1) is 16.3 Å². The van der Waals surface area contributed by atoms with Crippen molar-refractivity contribution in [3.8, 4) is 0 Å². The highest BCUT2D eigenvalue weighted by Crippen LogP contribution is 2.31. The Labute approximate surface area is 102 Å². The van der Waals surface area contributed by atoms with Crippen molar-refractivity contribution in [1.82, 2.24) is 0 Å². The predicted octanol–water partition coefficient (Wildman–Crippen LogP) is 3.37. The second-order valence-corrected chi connectivity index (χ2v) is 5.18. The third-order valence-corrected chi connectivity index (χ3v) is 3.59. The van der Waals surface area contributed by atoms with Gasteiger partial charge in [-0.2, -0.15) is 0 Å². The lowest BCUT2D eigenvalue weighted by molar-refractivity contribution is 0.0615. The molecule has 0 spiro atoms. The van der Waals surface area contributed by atoms with Gasteiger partial charge in [0.15, 0.2) is 0 Å². The van der Waals surface area contributed by atoms with E-state index >= 15 is 0 Å². The van der Waals surface area contributed by atoms with E-state index in [0.717, 1.165) is 31.4 Å². The van der Waals surface area contributed by atoms with E-state index in [1.165, 1.54) is 5.56 Å². The predicted molar refractivity (Wildman–Crippen MR) is 68.1 cm³/mol. The van der Waals surface area contributed by atoms with Gasteiger partial charge in [-0.1, -0.05) is 30.5 Å². The lowest BCUT2D eigenvalue weighted by Crippen LogP contribution is -2.33. The average Bonchev–Trinajstić information content (AvgIpc) is 2.67. The Hall–Kier alpha value is -0.730. The first-order valence-electron chi connectivity index (χ1n) is 5.81. The van der Waals surface area contributed by atoms with Gasteiger partial charge in [0.25, 0.3) is 0 Å². The molecule has 1 aromatic rings. The van der Waals surface area contributed by atoms with E-state index in [9.17, 15) is 5.11 Å². The van der Waals surface area contributed by atoms with E-state index in [4.69, 9.17) is 11.6 Å². The van der Waals surface area contributed by atoms with Crippen LogP contribution in [0.4, 0.5) is 5.69 Å². The molecule has 1 aromatic carbocycles. The Kier molecular flexibility index (Phi) is 3.41. The number of hydrogen-bond donors (Lipinski definition) is 2. The van der Waals surface area contributed by atoms with E-state index in [0.29, 0.717) is 11.6 Å². The molecule has 0 saturated heterocycles. The van der Waals surface area contributed by atoms with Crippen LogP contribution in [0.2, 0.25) is 5.02 Å². The van der Waals surface area contributed by atoms with E-state index in [1.54, 1.807) is 0 Å². The maximum absolute atomic E-state index is 10.2. The summed E-state index contributed by atoms with van der Waals surface area (Å²) in [5, 5.41) is 14.2. The topological polar surface area (TPSA) is 32.3 Å². The van der Waals surface area contributed by atoms with Crippen molar-refractivity contribution in [1.29, 1.82) is 0 Å². The second-order valence-electron chi connectivity index (χ2n) is 4.77. The smallest absolute Gasteiger partial charge is 0.0819 e. The summed E-state index contributed by atoms with van der Waals surface area (Å²) in [5.41, 5.74) is 1.56. The molecule has 0 heterocycles. The first kappa shape index (κ1) is 11.7. The molecular weight excluding hydrogens is 222 g/mol. The van der Waals surface area contributed by atoms with Crippen molar-refractivity contribution in [3.63, 3.8) is 0 Å². The number of halogens is 1. The molecule has 0 aromatic heterocycles. The zero-order valence-electron chi connectivity index (χ0n) is 9.59. The lowest BCUT2D eigenvalue weighted by atomic mass is 10.0. The molecule has 1 aliphatic carbocycles. The SMILES string of the molecule is Cc1ccc(Cl)c(NCC2(O)CCCC2)c1. The van der Waals surface area contributed by atoms with Crippen LogP contribution in [0.3, 0.4) is 0 Å². The third kappa shape index (κ3) is 2.69. The van der Waals surface area contributed by atoms with Gasteiger partial charge in [-0.3, -0.25) is 0 Å². The largest absolute Gasteiger partial charge is 0.388 e. The van der Waals surface area contributed by atoms with Crippen molar-refractivity contribution in [2.45, 2.75) is 38.2 Å². The highest BCUT2D eigenvalue weighted by molar-refractivity contribution is 6.33. The molecule has 0 atom stereocenters. The Morgan fingerprint density at radius 2 is 2.06 bits per heavy atom. The van der Waals surface area contributed by atoms with Crippen LogP contribution < -0.4 is 5.32 Å². The van der Waals surface area contributed by atoms with Crippen molar-refractivity contribution in [2.75, 3.05) is 11.9 Å². The van der Waals surface area contributed by atoms with E-state index < -0.39 is 5.60 Å². The standard InChI is InChI=1S/C13H18ClNO/c1-10-4-5-11(14)12(8-10)15-9-13(16)6-2-3-7-13/h4-5,8,15-16H,2-3,6-7,9H2,1H3. The number of nitrogens with one attached hydrogen (secondary N) is 1. The maximum Gasteiger partial charge on any atom is 0.0819 e. The number of benzene rings is 1. The number of aryl methyl sites for hydroxylation is 1. The monoisotopic (exact) mass is 239 g/mol. The Balaban J connectivity index is 2.01. The van der Waals surface area contributed by atoms with Gasteiger partial charge in [0.2, 0.25) is 0 Å². The highest BCUT2D eigenvalue weighted by atomic mass is 35.5. The van der Waals surface area contributed by atoms with Crippen LogP contribution in [-0.2, 0) is 0 Å². The van der Waals surface area contributed by atoms with E-state index in [2.05, 4.69) is 5.32 Å². The molecule has 0 unspecified atom stereocenters. The molecule has 0 amide bonds. The molecule has 0 bridgehead atoms. The van der Waals surface area contributed by atoms with Gasteiger partial charge < -0.3 is 10.4 Å². The summed E-state index contributed by atoms with van der Waals surface area (Å²) >= 11 is 6.08. The summed E-state index contributed by atoms with van der Waals surface area (Å²) in [7, 11) is 0. The van der Waals surface area contributed by atoms with Gasteiger partial charge >= 0.3 is 0 Å². The molecule has 1 fully saturated rings. The molecule has 88 valence electrons. The lowest BCUT2D eigenvalue weighted by Gasteiger charge is -2.23. The van der Waals surface area contributed by atoms with Crippen molar-refractivity contribution < 1.29 is 5.11 Å². The fourth-order valence-corrected chi connectivity index (χ4v) is 2.43. The zero-order valence-corrected chi connectivity index (χ0v) is 10.3. The Morgan fingerprint density at radius 1 is 1.38 bits per heavy atom. The summed E-state index contributed by atoms with van der Waals surface area (Å²) in [6, 6.07) is 5.89. The third-order valence-electron chi connectivity index (χ3n) is 3.26. The van der Waals surface area contributed by atoms with Crippen molar-refractivity contribution in [2.24, 2.45) is 0 Å². The molecule has 16 heavy (non-hydrogen) atoms. The van der Waals surface area contributed by atoms with Crippen LogP contribution in [0.5, 0.6) is 0 Å². The summed E-state index contributed by atoms with van der Waals surface area (Å²) in [4.78, 5) is 0. The highest BCUT2D eigenvalue weighted by Gasteiger charge is 2.30. The van der Waals surface area contributed by atoms with Gasteiger partial charge in [0.1, 0.15) is 0 Å². The molecule has 1 aliphatic rings. The Morgan fingerprint density at radius 3 is 2.75 bits per heavy atom.